The molecule has 20 atom stereocenters. The lowest BCUT2D eigenvalue weighted by atomic mass is 9.50. The normalized spacial score (nSPS) is 43.3. The van der Waals surface area contributed by atoms with Crippen LogP contribution in [0.15, 0.2) is 92.3 Å². The molecule has 0 spiro atoms. The van der Waals surface area contributed by atoms with E-state index in [0.29, 0.717) is 51.9 Å². The van der Waals surface area contributed by atoms with Gasteiger partial charge in [-0.3, -0.25) is 24.0 Å². The topological polar surface area (TPSA) is 301 Å². The fourth-order valence-corrected chi connectivity index (χ4v) is 26.9. The summed E-state index contributed by atoms with van der Waals surface area (Å²) in [6.07, 6.45) is 11.8. The predicted molar refractivity (Wildman–Crippen MR) is 359 cm³/mol. The fourth-order valence-electron chi connectivity index (χ4n) is 18.7. The Kier molecular flexibility index (Phi) is 22.0. The Morgan fingerprint density at radius 3 is 1.33 bits per heavy atom. The molecule has 496 valence electrons. The quantitative estimate of drug-likeness (QED) is 0.108. The SMILES string of the molecule is C.C.C=C(C)[C@@H]1C(=O)C[C@@H](C)[C@@]2(O)[C@H]1C=C(CO)C[C@]1(O)C(=O)C(C)=C[C@@H]21.CC(=O)O[C@@]12C[C@@H](C)[C@@]3(O)[C@@H](C=C(CO)C[C@]4(O)C(=O)C(C)=C[C@@H]34)[C@@H]1C2(C)C.CC1=C[C@H]2[C@@]3(O)[C@H](C)C[C@@]4(C)N=NC(C)(C)[C@H]4[C@@H]3C=C(CO)C[C@]2(O)C1=O.S=S=S=S=S=S=S. The van der Waals surface area contributed by atoms with Gasteiger partial charge < -0.3 is 50.7 Å². The number of carbonyl (C=O) groups is 5. The van der Waals surface area contributed by atoms with Crippen LogP contribution >= 0.6 is 0 Å². The smallest absolute Gasteiger partial charge is 0.303 e. The van der Waals surface area contributed by atoms with Gasteiger partial charge in [0.15, 0.2) is 17.3 Å². The van der Waals surface area contributed by atoms with E-state index < -0.39 is 97.5 Å². The van der Waals surface area contributed by atoms with Crippen LogP contribution in [0.2, 0.25) is 0 Å². The van der Waals surface area contributed by atoms with Crippen molar-refractivity contribution in [1.82, 2.24) is 0 Å². The van der Waals surface area contributed by atoms with Gasteiger partial charge in [-0.2, -0.15) is 10.2 Å². The van der Waals surface area contributed by atoms with E-state index in [4.69, 9.17) is 4.74 Å². The first-order valence-corrected chi connectivity index (χ1v) is 37.6. The number of azo groups is 1. The number of fused-ring (bicyclic) bond motifs is 13. The summed E-state index contributed by atoms with van der Waals surface area (Å²) in [7, 11) is 7.36. The molecule has 10 aliphatic carbocycles. The van der Waals surface area contributed by atoms with Crippen LogP contribution in [-0.2, 0) is 95.5 Å². The maximum Gasteiger partial charge on any atom is 0.303 e. The number of nitrogens with zero attached hydrogens (tertiary/aromatic N) is 2. The molecule has 0 aromatic heterocycles. The van der Waals surface area contributed by atoms with Crippen LogP contribution in [0, 0.1) is 76.4 Å². The number of carbonyl (C=O) groups excluding carboxylic acids is 5. The number of ether oxygens (including phenoxy) is 1. The van der Waals surface area contributed by atoms with Crippen molar-refractivity contribution >= 4 is 95.9 Å². The molecule has 11 aliphatic rings. The number of allylic oxidation sites excluding steroid dienone is 1. The molecule has 17 nitrogen and oxygen atoms in total. The van der Waals surface area contributed by atoms with Gasteiger partial charge in [0, 0.05) is 158 Å². The molecule has 0 saturated heterocycles. The van der Waals surface area contributed by atoms with E-state index in [1.54, 1.807) is 85.6 Å². The van der Waals surface area contributed by atoms with E-state index in [0.717, 1.165) is 0 Å². The van der Waals surface area contributed by atoms with Crippen molar-refractivity contribution in [3.8, 4) is 0 Å². The first kappa shape index (κ1) is 75.1. The summed E-state index contributed by atoms with van der Waals surface area (Å²) in [6.45, 7) is 27.0. The second-order valence-electron chi connectivity index (χ2n) is 28.3. The summed E-state index contributed by atoms with van der Waals surface area (Å²) in [6, 6.07) is 0. The highest BCUT2D eigenvalue weighted by atomic mass is 33.4. The van der Waals surface area contributed by atoms with Crippen molar-refractivity contribution in [2.24, 2.45) is 86.7 Å². The van der Waals surface area contributed by atoms with Crippen LogP contribution in [0.25, 0.3) is 0 Å². The second-order valence-corrected chi connectivity index (χ2v) is 37.1. The number of rotatable bonds is 5. The largest absolute Gasteiger partial charge is 0.458 e. The van der Waals surface area contributed by atoms with E-state index in [1.807, 2.05) is 53.7 Å². The summed E-state index contributed by atoms with van der Waals surface area (Å²) in [5.74, 6) is -7.00. The average Bonchev–Trinajstić information content (AvgIpc) is 1.49. The molecule has 4 fully saturated rings. The minimum absolute atomic E-state index is 0. The number of hydrogen-bond acceptors (Lipinski definition) is 19. The van der Waals surface area contributed by atoms with Crippen molar-refractivity contribution in [1.29, 1.82) is 0 Å². The minimum atomic E-state index is -1.78. The molecule has 9 N–H and O–H groups in total. The van der Waals surface area contributed by atoms with Crippen molar-refractivity contribution < 1.29 is 74.7 Å². The number of aliphatic hydroxyl groups is 9. The third-order valence-electron chi connectivity index (χ3n) is 22.3. The molecule has 0 aromatic rings. The molecule has 1 heterocycles. The van der Waals surface area contributed by atoms with Gasteiger partial charge in [0.25, 0.3) is 0 Å². The molecule has 0 amide bonds. The van der Waals surface area contributed by atoms with E-state index >= 15 is 0 Å². The summed E-state index contributed by atoms with van der Waals surface area (Å²) < 4.78 is 5.83. The molecule has 11 rings (SSSR count). The first-order chi connectivity index (χ1) is 40.2. The molecule has 1 aliphatic heterocycles. The number of aliphatic hydroxyl groups excluding tert-OH is 3. The Balaban J connectivity index is 0.000000200. The third-order valence-corrected chi connectivity index (χ3v) is 31.2. The molecule has 24 heteroatoms. The van der Waals surface area contributed by atoms with Crippen LogP contribution in [-0.4, -0.2) is 145 Å². The van der Waals surface area contributed by atoms with Gasteiger partial charge in [-0.15, -0.1) is 0 Å². The molecule has 89 heavy (non-hydrogen) atoms. The Bertz CT molecular complexity index is 3410. The van der Waals surface area contributed by atoms with Gasteiger partial charge in [-0.1, -0.05) is 98.1 Å². The molecular weight excluding hydrogens is 1270 g/mol. The first-order valence-electron chi connectivity index (χ1n) is 29.6. The molecule has 4 saturated carbocycles. The third kappa shape index (κ3) is 11.6. The summed E-state index contributed by atoms with van der Waals surface area (Å²) >= 11 is 9.14. The van der Waals surface area contributed by atoms with Crippen LogP contribution in [0.1, 0.15) is 143 Å². The summed E-state index contributed by atoms with van der Waals surface area (Å²) in [5, 5.41) is 109. The lowest BCUT2D eigenvalue weighted by Gasteiger charge is -2.57. The maximum absolute atomic E-state index is 12.8. The Morgan fingerprint density at radius 1 is 0.584 bits per heavy atom. The highest BCUT2D eigenvalue weighted by Crippen LogP contribution is 2.77. The van der Waals surface area contributed by atoms with Crippen molar-refractivity contribution in [2.75, 3.05) is 19.8 Å². The van der Waals surface area contributed by atoms with E-state index in [2.05, 4.69) is 46.1 Å². The Labute approximate surface area is 548 Å². The van der Waals surface area contributed by atoms with Gasteiger partial charge in [-0.05, 0) is 113 Å². The average molecular weight is 1370 g/mol. The Hall–Kier alpha value is -2.89. The summed E-state index contributed by atoms with van der Waals surface area (Å²) in [5.41, 5.74) is -7.74. The van der Waals surface area contributed by atoms with Gasteiger partial charge in [0.1, 0.15) is 28.2 Å². The lowest BCUT2D eigenvalue weighted by Crippen LogP contribution is -2.66. The molecule has 0 unspecified atom stereocenters. The van der Waals surface area contributed by atoms with Gasteiger partial charge in [0.2, 0.25) is 0 Å². The fraction of sp³-hybridized carbons (Fsp3) is 0.708. The monoisotopic (exact) mass is 1370 g/mol. The zero-order valence-corrected chi connectivity index (χ0v) is 57.4. The predicted octanol–water partition coefficient (Wildman–Crippen LogP) is 6.31. The van der Waals surface area contributed by atoms with Crippen molar-refractivity contribution in [3.63, 3.8) is 0 Å². The molecule has 0 aromatic carbocycles. The minimum Gasteiger partial charge on any atom is -0.458 e. The zero-order chi connectivity index (χ0) is 65.1. The maximum atomic E-state index is 12.8. The highest BCUT2D eigenvalue weighted by Gasteiger charge is 2.83. The van der Waals surface area contributed by atoms with Crippen LogP contribution in [0.4, 0.5) is 0 Å². The number of Topliss-reactive ketones (excluding diaryl/α,β-unsaturated/α-hetero) is 4. The highest BCUT2D eigenvalue weighted by molar-refractivity contribution is 8.68. The van der Waals surface area contributed by atoms with E-state index in [9.17, 15) is 69.9 Å². The molecule has 0 bridgehead atoms. The van der Waals surface area contributed by atoms with E-state index in [1.165, 1.54) is 24.7 Å². The zero-order valence-electron chi connectivity index (χ0n) is 51.7. The van der Waals surface area contributed by atoms with Gasteiger partial charge in [-0.25, -0.2) is 0 Å². The van der Waals surface area contributed by atoms with Gasteiger partial charge >= 0.3 is 5.97 Å². The van der Waals surface area contributed by atoms with Crippen LogP contribution in [0.3, 0.4) is 0 Å². The number of ketones is 4. The molecular formula is C65H94N2O15S7. The summed E-state index contributed by atoms with van der Waals surface area (Å²) in [4.78, 5) is 62.8. The molecule has 0 radical (unpaired) electrons. The van der Waals surface area contributed by atoms with Crippen molar-refractivity contribution in [2.45, 2.75) is 194 Å². The van der Waals surface area contributed by atoms with E-state index in [-0.39, 0.29) is 119 Å². The Morgan fingerprint density at radius 2 is 0.955 bits per heavy atom. The van der Waals surface area contributed by atoms with Gasteiger partial charge in [0.05, 0.1) is 47.7 Å². The standard InChI is InChI=1S/C22H30O6.C21H30N2O4.C20H26O5.2CH4.S7/c1-11-6-16-20(26,18(11)25)9-14(10-23)7-15-17-19(4,5)21(17,28-13(3)24)8-12(2)22(15,16)27;1-11-6-15-20(26,17(11)25)9-13(10-24)7-14-16-18(3,4)22-23-19(16,5)8-12(2)21(14,15)27;1-10(2)17-14-7-13(9-21)8-19(24)16(5-11(3)18(19)23)20(14,25)12(4)6-15(17)22;;;1-3-5-7-6-4-2/h6-7,12,15-17,23,26-27H,8-10H2,1-5H3;6-7,12,14-16,24,26-27H,8-10H2,1-5H3;5,7,12,14,16-17,21,24-25H,1,6,8-9H2,2-4H3;2*1H4;/t12-,15+,16-,17-,20-,21+,22-;12-,14+,15-,16-,19-,20-,21-;12-,14+,16-,17+,19-,20-;;;/m111.../s1. The van der Waals surface area contributed by atoms with Crippen molar-refractivity contribution in [3.05, 3.63) is 82.0 Å². The number of esters is 1. The number of hydrogen-bond donors (Lipinski definition) is 9. The van der Waals surface area contributed by atoms with Crippen LogP contribution in [0.5, 0.6) is 0 Å². The second kappa shape index (κ2) is 26.0. The lowest BCUT2D eigenvalue weighted by molar-refractivity contribution is -0.186. The van der Waals surface area contributed by atoms with Crippen LogP contribution < -0.4 is 0 Å².